The van der Waals surface area contributed by atoms with Gasteiger partial charge in [0.2, 0.25) is 0 Å². The topological polar surface area (TPSA) is 29.3 Å². The number of benzene rings is 1. The van der Waals surface area contributed by atoms with Crippen LogP contribution >= 0.6 is 0 Å². The molecular formula is C15H24N2. The van der Waals surface area contributed by atoms with E-state index in [4.69, 9.17) is 5.73 Å². The normalized spacial score (nSPS) is 15.4. The molecular weight excluding hydrogens is 208 g/mol. The number of unbranched alkanes of at least 4 members (excludes halogenated alkanes) is 1. The molecule has 0 spiro atoms. The molecule has 1 saturated carbocycles. The Hall–Kier alpha value is -1.02. The van der Waals surface area contributed by atoms with Crippen molar-refractivity contribution in [3.05, 3.63) is 29.8 Å². The molecule has 0 amide bonds. The van der Waals surface area contributed by atoms with Gasteiger partial charge in [-0.3, -0.25) is 0 Å². The lowest BCUT2D eigenvalue weighted by Crippen LogP contribution is -2.29. The molecule has 2 N–H and O–H groups in total. The zero-order valence-corrected chi connectivity index (χ0v) is 10.9. The van der Waals surface area contributed by atoms with Crippen molar-refractivity contribution in [3.8, 4) is 0 Å². The summed E-state index contributed by atoms with van der Waals surface area (Å²) >= 11 is 0. The Balaban J connectivity index is 1.80. The number of rotatable bonds is 7. The third-order valence-electron chi connectivity index (χ3n) is 3.53. The van der Waals surface area contributed by atoms with Crippen LogP contribution in [-0.4, -0.2) is 24.0 Å². The van der Waals surface area contributed by atoms with Gasteiger partial charge in [-0.05, 0) is 49.9 Å². The van der Waals surface area contributed by atoms with Gasteiger partial charge in [0.1, 0.15) is 0 Å². The van der Waals surface area contributed by atoms with Crippen molar-refractivity contribution in [1.82, 2.24) is 4.90 Å². The first kappa shape index (κ1) is 12.4. The third kappa shape index (κ3) is 4.04. The van der Waals surface area contributed by atoms with Gasteiger partial charge in [-0.2, -0.15) is 0 Å². The van der Waals surface area contributed by atoms with Gasteiger partial charge in [0.05, 0.1) is 0 Å². The Morgan fingerprint density at radius 1 is 1.18 bits per heavy atom. The van der Waals surface area contributed by atoms with E-state index in [1.165, 1.54) is 44.3 Å². The standard InChI is InChI=1S/C15H24N2/c1-2-3-11-17(15-8-9-15)12-10-13-4-6-14(16)7-5-13/h4-7,15H,2-3,8-12,16H2,1H3. The van der Waals surface area contributed by atoms with Crippen molar-refractivity contribution in [2.45, 2.75) is 45.1 Å². The van der Waals surface area contributed by atoms with Crippen molar-refractivity contribution in [2.24, 2.45) is 0 Å². The monoisotopic (exact) mass is 232 g/mol. The Kier molecular flexibility index (Phi) is 4.43. The van der Waals surface area contributed by atoms with Crippen molar-refractivity contribution in [3.63, 3.8) is 0 Å². The van der Waals surface area contributed by atoms with Gasteiger partial charge >= 0.3 is 0 Å². The van der Waals surface area contributed by atoms with Gasteiger partial charge < -0.3 is 10.6 Å². The molecule has 94 valence electrons. The third-order valence-corrected chi connectivity index (χ3v) is 3.53. The second-order valence-corrected chi connectivity index (χ2v) is 5.11. The van der Waals surface area contributed by atoms with Crippen LogP contribution in [0, 0.1) is 0 Å². The van der Waals surface area contributed by atoms with Crippen molar-refractivity contribution in [1.29, 1.82) is 0 Å². The fourth-order valence-corrected chi connectivity index (χ4v) is 2.23. The minimum Gasteiger partial charge on any atom is -0.399 e. The number of hydrogen-bond acceptors (Lipinski definition) is 2. The number of nitrogen functional groups attached to an aromatic ring is 1. The van der Waals surface area contributed by atoms with E-state index in [-0.39, 0.29) is 0 Å². The summed E-state index contributed by atoms with van der Waals surface area (Å²) in [6.07, 6.45) is 6.60. The van der Waals surface area contributed by atoms with Gasteiger partial charge in [-0.1, -0.05) is 25.5 Å². The molecule has 1 fully saturated rings. The lowest BCUT2D eigenvalue weighted by molar-refractivity contribution is 0.262. The van der Waals surface area contributed by atoms with Crippen LogP contribution in [0.4, 0.5) is 5.69 Å². The van der Waals surface area contributed by atoms with Crippen LogP contribution in [0.1, 0.15) is 38.2 Å². The minimum absolute atomic E-state index is 0.860. The van der Waals surface area contributed by atoms with E-state index in [2.05, 4.69) is 24.0 Å². The van der Waals surface area contributed by atoms with E-state index < -0.39 is 0 Å². The van der Waals surface area contributed by atoms with E-state index in [0.717, 1.165) is 18.2 Å². The maximum atomic E-state index is 5.70. The average molecular weight is 232 g/mol. The predicted octanol–water partition coefficient (Wildman–Crippen LogP) is 3.08. The lowest BCUT2D eigenvalue weighted by atomic mass is 10.1. The summed E-state index contributed by atoms with van der Waals surface area (Å²) in [4.78, 5) is 2.67. The van der Waals surface area contributed by atoms with E-state index in [0.29, 0.717) is 0 Å². The van der Waals surface area contributed by atoms with Crippen LogP contribution < -0.4 is 5.73 Å². The molecule has 1 aromatic carbocycles. The van der Waals surface area contributed by atoms with Crippen molar-refractivity contribution < 1.29 is 0 Å². The van der Waals surface area contributed by atoms with Gasteiger partial charge in [0.15, 0.2) is 0 Å². The smallest absolute Gasteiger partial charge is 0.0314 e. The molecule has 1 aromatic rings. The Morgan fingerprint density at radius 3 is 2.47 bits per heavy atom. The van der Waals surface area contributed by atoms with Crippen LogP contribution in [0.25, 0.3) is 0 Å². The molecule has 0 saturated heterocycles. The molecule has 17 heavy (non-hydrogen) atoms. The predicted molar refractivity (Wildman–Crippen MR) is 74.1 cm³/mol. The summed E-state index contributed by atoms with van der Waals surface area (Å²) in [7, 11) is 0. The van der Waals surface area contributed by atoms with Gasteiger partial charge in [-0.15, -0.1) is 0 Å². The maximum absolute atomic E-state index is 5.70. The zero-order valence-electron chi connectivity index (χ0n) is 10.9. The molecule has 1 aliphatic rings. The molecule has 2 heteroatoms. The quantitative estimate of drug-likeness (QED) is 0.732. The number of anilines is 1. The van der Waals surface area contributed by atoms with E-state index >= 15 is 0 Å². The fraction of sp³-hybridized carbons (Fsp3) is 0.600. The molecule has 0 aromatic heterocycles. The van der Waals surface area contributed by atoms with Crippen LogP contribution in [-0.2, 0) is 6.42 Å². The summed E-state index contributed by atoms with van der Waals surface area (Å²) < 4.78 is 0. The average Bonchev–Trinajstić information content (AvgIpc) is 3.16. The summed E-state index contributed by atoms with van der Waals surface area (Å²) in [6.45, 7) is 4.75. The van der Waals surface area contributed by atoms with Crippen LogP contribution in [0.5, 0.6) is 0 Å². The SMILES string of the molecule is CCCCN(CCc1ccc(N)cc1)C1CC1. The van der Waals surface area contributed by atoms with E-state index in [9.17, 15) is 0 Å². The highest BCUT2D eigenvalue weighted by atomic mass is 15.2. The van der Waals surface area contributed by atoms with Crippen LogP contribution in [0.3, 0.4) is 0 Å². The molecule has 0 radical (unpaired) electrons. The Labute approximate surface area is 105 Å². The second kappa shape index (κ2) is 6.06. The first-order chi connectivity index (χ1) is 8.29. The molecule has 0 unspecified atom stereocenters. The highest BCUT2D eigenvalue weighted by molar-refractivity contribution is 5.39. The minimum atomic E-state index is 0.860. The lowest BCUT2D eigenvalue weighted by Gasteiger charge is -2.21. The Bertz CT molecular complexity index is 327. The first-order valence-corrected chi connectivity index (χ1v) is 6.88. The number of nitrogens with two attached hydrogens (primary N) is 1. The van der Waals surface area contributed by atoms with Crippen molar-refractivity contribution in [2.75, 3.05) is 18.8 Å². The molecule has 0 heterocycles. The van der Waals surface area contributed by atoms with Gasteiger partial charge in [0.25, 0.3) is 0 Å². The van der Waals surface area contributed by atoms with Crippen LogP contribution in [0.2, 0.25) is 0 Å². The van der Waals surface area contributed by atoms with Crippen LogP contribution in [0.15, 0.2) is 24.3 Å². The Morgan fingerprint density at radius 2 is 1.88 bits per heavy atom. The molecule has 1 aliphatic carbocycles. The van der Waals surface area contributed by atoms with Gasteiger partial charge in [0, 0.05) is 18.3 Å². The number of nitrogens with zero attached hydrogens (tertiary/aromatic N) is 1. The molecule has 2 rings (SSSR count). The number of hydrogen-bond donors (Lipinski definition) is 1. The largest absolute Gasteiger partial charge is 0.399 e. The summed E-state index contributed by atoms with van der Waals surface area (Å²) in [5, 5.41) is 0. The summed E-state index contributed by atoms with van der Waals surface area (Å²) in [5.74, 6) is 0. The highest BCUT2D eigenvalue weighted by Crippen LogP contribution is 2.27. The molecule has 0 atom stereocenters. The highest BCUT2D eigenvalue weighted by Gasteiger charge is 2.27. The fourth-order valence-electron chi connectivity index (χ4n) is 2.23. The zero-order chi connectivity index (χ0) is 12.1. The maximum Gasteiger partial charge on any atom is 0.0314 e. The van der Waals surface area contributed by atoms with Crippen molar-refractivity contribution >= 4 is 5.69 Å². The summed E-state index contributed by atoms with van der Waals surface area (Å²) in [5.41, 5.74) is 7.96. The van der Waals surface area contributed by atoms with E-state index in [1.807, 2.05) is 12.1 Å². The first-order valence-electron chi connectivity index (χ1n) is 6.88. The van der Waals surface area contributed by atoms with E-state index in [1.54, 1.807) is 0 Å². The molecule has 2 nitrogen and oxygen atoms in total. The molecule has 0 bridgehead atoms. The second-order valence-electron chi connectivity index (χ2n) is 5.11. The summed E-state index contributed by atoms with van der Waals surface area (Å²) in [6, 6.07) is 9.20. The van der Waals surface area contributed by atoms with Gasteiger partial charge in [-0.25, -0.2) is 0 Å². The molecule has 0 aliphatic heterocycles.